The van der Waals surface area contributed by atoms with Crippen molar-refractivity contribution in [1.82, 2.24) is 24.4 Å². The monoisotopic (exact) mass is 513 g/mol. The molecule has 37 heavy (non-hydrogen) atoms. The number of aromatic amines is 1. The van der Waals surface area contributed by atoms with Crippen molar-refractivity contribution in [3.8, 4) is 5.69 Å². The Morgan fingerprint density at radius 3 is 2.68 bits per heavy atom. The second kappa shape index (κ2) is 9.56. The standard InChI is InChI=1S/C29H28ClN5O2/c1-18-24(14-21(30)16-32-18)28(36)33-22-9-6-19(7-10-22)17-34-26-4-2-3-5-27(26)35(29(34)37)23-11-8-20-12-13-31-25(20)15-23/h2-5,8,11-16,19,22,31H,6-7,9-10,17H2,1H3,(H,33,36)/t19-,22-. The molecule has 0 atom stereocenters. The quantitative estimate of drug-likeness (QED) is 0.320. The smallest absolute Gasteiger partial charge is 0.333 e. The number of hydrogen-bond acceptors (Lipinski definition) is 3. The van der Waals surface area contributed by atoms with Gasteiger partial charge in [-0.05, 0) is 80.3 Å². The van der Waals surface area contributed by atoms with Crippen LogP contribution in [-0.2, 0) is 6.54 Å². The van der Waals surface area contributed by atoms with Gasteiger partial charge in [0.25, 0.3) is 5.91 Å². The minimum Gasteiger partial charge on any atom is -0.361 e. The van der Waals surface area contributed by atoms with Gasteiger partial charge >= 0.3 is 5.69 Å². The van der Waals surface area contributed by atoms with Gasteiger partial charge in [-0.15, -0.1) is 0 Å². The number of imidazole rings is 1. The molecule has 1 aliphatic carbocycles. The van der Waals surface area contributed by atoms with Crippen molar-refractivity contribution < 1.29 is 4.79 Å². The first kappa shape index (κ1) is 23.6. The average Bonchev–Trinajstić information content (AvgIpc) is 3.48. The summed E-state index contributed by atoms with van der Waals surface area (Å²) in [6.45, 7) is 2.47. The summed E-state index contributed by atoms with van der Waals surface area (Å²) in [5, 5.41) is 4.73. The van der Waals surface area contributed by atoms with Gasteiger partial charge in [-0.3, -0.25) is 18.9 Å². The number of nitrogens with one attached hydrogen (secondary N) is 2. The molecular formula is C29H28ClN5O2. The molecule has 1 saturated carbocycles. The fourth-order valence-electron chi connectivity index (χ4n) is 5.56. The molecule has 3 heterocycles. The van der Waals surface area contributed by atoms with Gasteiger partial charge in [0.1, 0.15) is 0 Å². The van der Waals surface area contributed by atoms with E-state index in [-0.39, 0.29) is 17.6 Å². The molecule has 1 fully saturated rings. The number of nitrogens with zero attached hydrogens (tertiary/aromatic N) is 3. The van der Waals surface area contributed by atoms with Crippen LogP contribution in [0.4, 0.5) is 0 Å². The van der Waals surface area contributed by atoms with E-state index < -0.39 is 0 Å². The zero-order valence-corrected chi connectivity index (χ0v) is 21.3. The van der Waals surface area contributed by atoms with E-state index in [2.05, 4.69) is 15.3 Å². The highest BCUT2D eigenvalue weighted by molar-refractivity contribution is 6.30. The summed E-state index contributed by atoms with van der Waals surface area (Å²) in [7, 11) is 0. The molecule has 5 aromatic rings. The van der Waals surface area contributed by atoms with Gasteiger partial charge in [0.2, 0.25) is 0 Å². The van der Waals surface area contributed by atoms with E-state index in [1.165, 1.54) is 0 Å². The van der Waals surface area contributed by atoms with Gasteiger partial charge < -0.3 is 10.3 Å². The summed E-state index contributed by atoms with van der Waals surface area (Å²) >= 11 is 6.04. The lowest BCUT2D eigenvalue weighted by molar-refractivity contribution is 0.0919. The normalized spacial score (nSPS) is 17.9. The van der Waals surface area contributed by atoms with Crippen molar-refractivity contribution in [2.75, 3.05) is 0 Å². The van der Waals surface area contributed by atoms with Gasteiger partial charge in [-0.25, -0.2) is 4.79 Å². The van der Waals surface area contributed by atoms with Gasteiger partial charge in [0.15, 0.2) is 0 Å². The molecule has 0 aliphatic heterocycles. The number of rotatable bonds is 5. The molecule has 6 rings (SSSR count). The van der Waals surface area contributed by atoms with E-state index in [1.54, 1.807) is 12.3 Å². The van der Waals surface area contributed by atoms with E-state index in [0.29, 0.717) is 28.7 Å². The van der Waals surface area contributed by atoms with Crippen LogP contribution in [0.5, 0.6) is 0 Å². The first-order valence-corrected chi connectivity index (χ1v) is 13.1. The zero-order valence-electron chi connectivity index (χ0n) is 20.6. The lowest BCUT2D eigenvalue weighted by Crippen LogP contribution is -2.39. The van der Waals surface area contributed by atoms with Gasteiger partial charge in [-0.1, -0.05) is 29.8 Å². The summed E-state index contributed by atoms with van der Waals surface area (Å²) in [4.78, 5) is 33.9. The molecule has 0 bridgehead atoms. The molecule has 3 aromatic heterocycles. The number of halogens is 1. The van der Waals surface area contributed by atoms with Gasteiger partial charge in [0.05, 0.1) is 33.0 Å². The summed E-state index contributed by atoms with van der Waals surface area (Å²) in [5.74, 6) is 0.236. The SMILES string of the molecule is Cc1ncc(Cl)cc1C(=O)N[C@H]1CC[C@H](Cn2c(=O)n(-c3ccc4cc[nH]c4c3)c3ccccc32)CC1. The number of fused-ring (bicyclic) bond motifs is 2. The first-order valence-electron chi connectivity index (χ1n) is 12.7. The zero-order chi connectivity index (χ0) is 25.5. The van der Waals surface area contributed by atoms with Gasteiger partial charge in [-0.2, -0.15) is 0 Å². The van der Waals surface area contributed by atoms with Crippen molar-refractivity contribution in [3.63, 3.8) is 0 Å². The Labute approximate surface area is 219 Å². The number of carbonyl (C=O) groups excluding carboxylic acids is 1. The molecule has 1 amide bonds. The van der Waals surface area contributed by atoms with Crippen LogP contribution in [0.2, 0.25) is 5.02 Å². The van der Waals surface area contributed by atoms with Crippen molar-refractivity contribution in [2.24, 2.45) is 5.92 Å². The molecule has 0 radical (unpaired) electrons. The largest absolute Gasteiger partial charge is 0.361 e. The molecule has 2 aromatic carbocycles. The summed E-state index contributed by atoms with van der Waals surface area (Å²) in [6.07, 6.45) is 7.10. The van der Waals surface area contributed by atoms with E-state index in [1.807, 2.05) is 70.8 Å². The third-order valence-corrected chi connectivity index (χ3v) is 7.76. The Morgan fingerprint density at radius 2 is 1.86 bits per heavy atom. The predicted octanol–water partition coefficient (Wildman–Crippen LogP) is 5.62. The van der Waals surface area contributed by atoms with E-state index >= 15 is 0 Å². The van der Waals surface area contributed by atoms with Crippen LogP contribution < -0.4 is 11.0 Å². The van der Waals surface area contributed by atoms with Crippen LogP contribution in [0, 0.1) is 12.8 Å². The number of H-pyrrole nitrogens is 1. The number of hydrogen-bond donors (Lipinski definition) is 2. The molecule has 188 valence electrons. The number of para-hydroxylation sites is 2. The van der Waals surface area contributed by atoms with Crippen molar-refractivity contribution in [2.45, 2.75) is 45.2 Å². The third-order valence-electron chi connectivity index (χ3n) is 7.55. The first-order chi connectivity index (χ1) is 18.0. The summed E-state index contributed by atoms with van der Waals surface area (Å²) in [6, 6.07) is 17.8. The van der Waals surface area contributed by atoms with Crippen molar-refractivity contribution >= 4 is 39.4 Å². The molecule has 7 nitrogen and oxygen atoms in total. The topological polar surface area (TPSA) is 84.7 Å². The minimum absolute atomic E-state index is 0.0218. The second-order valence-corrected chi connectivity index (χ2v) is 10.4. The van der Waals surface area contributed by atoms with Crippen molar-refractivity contribution in [3.05, 3.63) is 93.8 Å². The minimum atomic E-state index is -0.130. The number of amides is 1. The number of benzene rings is 2. The van der Waals surface area contributed by atoms with Crippen LogP contribution in [0.25, 0.3) is 27.6 Å². The average molecular weight is 514 g/mol. The number of pyridine rings is 1. The highest BCUT2D eigenvalue weighted by Crippen LogP contribution is 2.28. The Hall–Kier alpha value is -3.84. The van der Waals surface area contributed by atoms with Crippen LogP contribution >= 0.6 is 11.6 Å². The maximum Gasteiger partial charge on any atom is 0.333 e. The highest BCUT2D eigenvalue weighted by atomic mass is 35.5. The van der Waals surface area contributed by atoms with Crippen LogP contribution in [0.15, 0.2) is 71.8 Å². The van der Waals surface area contributed by atoms with Crippen molar-refractivity contribution in [1.29, 1.82) is 0 Å². The molecule has 0 unspecified atom stereocenters. The number of aryl methyl sites for hydroxylation is 1. The molecule has 0 saturated heterocycles. The Balaban J connectivity index is 1.20. The van der Waals surface area contributed by atoms with Crippen LogP contribution in [0.3, 0.4) is 0 Å². The Bertz CT molecular complexity index is 1670. The van der Waals surface area contributed by atoms with Gasteiger partial charge in [0, 0.05) is 30.5 Å². The van der Waals surface area contributed by atoms with Crippen LogP contribution in [-0.4, -0.2) is 31.1 Å². The lowest BCUT2D eigenvalue weighted by atomic mass is 9.85. The third kappa shape index (κ3) is 4.44. The fraction of sp³-hybridized carbons (Fsp3) is 0.276. The van der Waals surface area contributed by atoms with E-state index in [0.717, 1.165) is 53.3 Å². The van der Waals surface area contributed by atoms with E-state index in [4.69, 9.17) is 11.6 Å². The molecule has 2 N–H and O–H groups in total. The lowest BCUT2D eigenvalue weighted by Gasteiger charge is -2.29. The maximum absolute atomic E-state index is 13.7. The van der Waals surface area contributed by atoms with E-state index in [9.17, 15) is 9.59 Å². The summed E-state index contributed by atoms with van der Waals surface area (Å²) in [5.41, 5.74) is 4.88. The highest BCUT2D eigenvalue weighted by Gasteiger charge is 2.25. The number of carbonyl (C=O) groups is 1. The Morgan fingerprint density at radius 1 is 1.08 bits per heavy atom. The maximum atomic E-state index is 13.7. The summed E-state index contributed by atoms with van der Waals surface area (Å²) < 4.78 is 3.72. The molecule has 8 heteroatoms. The predicted molar refractivity (Wildman–Crippen MR) is 147 cm³/mol. The Kier molecular flexibility index (Phi) is 6.08. The molecule has 0 spiro atoms. The molecular weight excluding hydrogens is 486 g/mol. The fourth-order valence-corrected chi connectivity index (χ4v) is 5.72. The van der Waals surface area contributed by atoms with Crippen LogP contribution in [0.1, 0.15) is 41.7 Å². The molecule has 1 aliphatic rings. The number of aromatic nitrogens is 4. The second-order valence-electron chi connectivity index (χ2n) is 9.94.